The predicted octanol–water partition coefficient (Wildman–Crippen LogP) is 4.84. The van der Waals surface area contributed by atoms with Gasteiger partial charge < -0.3 is 25.2 Å². The van der Waals surface area contributed by atoms with E-state index in [0.29, 0.717) is 35.2 Å². The van der Waals surface area contributed by atoms with Gasteiger partial charge in [0.2, 0.25) is 5.91 Å². The van der Waals surface area contributed by atoms with Gasteiger partial charge in [-0.05, 0) is 70.9 Å². The van der Waals surface area contributed by atoms with Crippen molar-refractivity contribution >= 4 is 29.1 Å². The fourth-order valence-electron chi connectivity index (χ4n) is 5.57. The molecule has 2 heterocycles. The monoisotopic (exact) mass is 512 g/mol. The van der Waals surface area contributed by atoms with Crippen molar-refractivity contribution in [3.63, 3.8) is 0 Å². The molecule has 0 aliphatic carbocycles. The number of halogens is 1. The second-order valence-electron chi connectivity index (χ2n) is 11.2. The highest BCUT2D eigenvalue weighted by molar-refractivity contribution is 6.32. The lowest BCUT2D eigenvalue weighted by Gasteiger charge is -2.46. The Hall–Kier alpha value is -2.77. The van der Waals surface area contributed by atoms with Crippen LogP contribution >= 0.6 is 11.6 Å². The van der Waals surface area contributed by atoms with Gasteiger partial charge in [0.25, 0.3) is 5.91 Å². The zero-order valence-electron chi connectivity index (χ0n) is 21.9. The molecular formula is C28H37ClN4O3. The summed E-state index contributed by atoms with van der Waals surface area (Å²) >= 11 is 6.53. The lowest BCUT2D eigenvalue weighted by atomic mass is 9.79. The third-order valence-electron chi connectivity index (χ3n) is 6.86. The van der Waals surface area contributed by atoms with Crippen LogP contribution in [0.5, 0.6) is 11.5 Å². The maximum Gasteiger partial charge on any atom is 0.251 e. The number of rotatable bonds is 5. The van der Waals surface area contributed by atoms with Gasteiger partial charge in [-0.15, -0.1) is 0 Å². The molecule has 0 aromatic heterocycles. The standard InChI is InChI=1S/C28H37ClN4O3/c1-19(34)32-11-13-33(14-12-32)22-7-6-8-23(16-22)36-25-10-9-20(15-24(25)29)26(35)30-21-17-27(2,3)31-28(4,5)18-21/h6-10,15-16,21,31H,11-14,17-18H2,1-5H3,(H,30,35). The largest absolute Gasteiger partial charge is 0.456 e. The molecule has 2 aliphatic heterocycles. The Morgan fingerprint density at radius 1 is 1.00 bits per heavy atom. The number of carbonyl (C=O) groups excluding carboxylic acids is 2. The van der Waals surface area contributed by atoms with Gasteiger partial charge in [0.1, 0.15) is 11.5 Å². The van der Waals surface area contributed by atoms with Gasteiger partial charge in [-0.1, -0.05) is 17.7 Å². The average molecular weight is 513 g/mol. The molecule has 0 spiro atoms. The Kier molecular flexibility index (Phi) is 7.53. The maximum atomic E-state index is 13.0. The SMILES string of the molecule is CC(=O)N1CCN(c2cccc(Oc3ccc(C(=O)NC4CC(C)(C)NC(C)(C)C4)cc3Cl)c2)CC1. The minimum absolute atomic E-state index is 0.0510. The number of hydrogen-bond acceptors (Lipinski definition) is 5. The molecule has 2 aliphatic rings. The number of nitrogens with one attached hydrogen (secondary N) is 2. The van der Waals surface area contributed by atoms with Crippen LogP contribution in [-0.2, 0) is 4.79 Å². The summed E-state index contributed by atoms with van der Waals surface area (Å²) in [5.74, 6) is 1.14. The molecule has 2 aromatic rings. The van der Waals surface area contributed by atoms with Crippen molar-refractivity contribution in [2.75, 3.05) is 31.1 Å². The lowest BCUT2D eigenvalue weighted by Crippen LogP contribution is -2.62. The van der Waals surface area contributed by atoms with E-state index in [1.165, 1.54) is 0 Å². The predicted molar refractivity (Wildman–Crippen MR) is 144 cm³/mol. The van der Waals surface area contributed by atoms with Gasteiger partial charge in [0.05, 0.1) is 5.02 Å². The number of anilines is 1. The van der Waals surface area contributed by atoms with E-state index in [1.54, 1.807) is 25.1 Å². The fraction of sp³-hybridized carbons (Fsp3) is 0.500. The molecule has 2 N–H and O–H groups in total. The van der Waals surface area contributed by atoms with Crippen molar-refractivity contribution in [1.29, 1.82) is 0 Å². The van der Waals surface area contributed by atoms with Crippen LogP contribution in [0.3, 0.4) is 0 Å². The third kappa shape index (κ3) is 6.51. The molecule has 2 fully saturated rings. The first kappa shape index (κ1) is 26.3. The van der Waals surface area contributed by atoms with Crippen molar-refractivity contribution in [3.05, 3.63) is 53.1 Å². The summed E-state index contributed by atoms with van der Waals surface area (Å²) in [6.45, 7) is 13.2. The Labute approximate surface area is 219 Å². The van der Waals surface area contributed by atoms with E-state index in [-0.39, 0.29) is 28.9 Å². The van der Waals surface area contributed by atoms with Gasteiger partial charge in [0.15, 0.2) is 0 Å². The van der Waals surface area contributed by atoms with Crippen LogP contribution in [0, 0.1) is 0 Å². The van der Waals surface area contributed by atoms with Crippen LogP contribution in [-0.4, -0.2) is 60.0 Å². The first-order valence-corrected chi connectivity index (χ1v) is 13.0. The number of carbonyl (C=O) groups is 2. The van der Waals surface area contributed by atoms with Crippen molar-refractivity contribution in [1.82, 2.24) is 15.5 Å². The molecule has 2 saturated heterocycles. The molecule has 0 atom stereocenters. The van der Waals surface area contributed by atoms with Gasteiger partial charge >= 0.3 is 0 Å². The van der Waals surface area contributed by atoms with Crippen LogP contribution < -0.4 is 20.3 Å². The minimum atomic E-state index is -0.131. The minimum Gasteiger partial charge on any atom is -0.456 e. The van der Waals surface area contributed by atoms with Crippen LogP contribution in [0.4, 0.5) is 5.69 Å². The van der Waals surface area contributed by atoms with Crippen LogP contribution in [0.2, 0.25) is 5.02 Å². The number of ether oxygens (including phenoxy) is 1. The molecule has 4 rings (SSSR count). The smallest absolute Gasteiger partial charge is 0.251 e. The van der Waals surface area contributed by atoms with Gasteiger partial charge in [0, 0.05) is 67.5 Å². The summed E-state index contributed by atoms with van der Waals surface area (Å²) in [6.07, 6.45) is 1.72. The molecule has 2 amide bonds. The van der Waals surface area contributed by atoms with Gasteiger partial charge in [-0.25, -0.2) is 0 Å². The van der Waals surface area contributed by atoms with Gasteiger partial charge in [-0.3, -0.25) is 9.59 Å². The Morgan fingerprint density at radius 3 is 2.28 bits per heavy atom. The molecule has 0 unspecified atom stereocenters. The van der Waals surface area contributed by atoms with E-state index in [2.05, 4.69) is 43.2 Å². The van der Waals surface area contributed by atoms with Crippen molar-refractivity contribution in [3.8, 4) is 11.5 Å². The van der Waals surface area contributed by atoms with E-state index >= 15 is 0 Å². The average Bonchev–Trinajstić information content (AvgIpc) is 2.78. The highest BCUT2D eigenvalue weighted by Crippen LogP contribution is 2.33. The molecule has 0 saturated carbocycles. The summed E-state index contributed by atoms with van der Waals surface area (Å²) in [5.41, 5.74) is 1.45. The topological polar surface area (TPSA) is 73.9 Å². The number of hydrogen-bond donors (Lipinski definition) is 2. The maximum absolute atomic E-state index is 13.0. The van der Waals surface area contributed by atoms with E-state index in [4.69, 9.17) is 16.3 Å². The summed E-state index contributed by atoms with van der Waals surface area (Å²) in [4.78, 5) is 28.7. The molecule has 8 heteroatoms. The Bertz CT molecular complexity index is 1110. The number of amides is 2. The zero-order chi connectivity index (χ0) is 26.1. The molecule has 0 radical (unpaired) electrons. The fourth-order valence-corrected chi connectivity index (χ4v) is 5.79. The summed E-state index contributed by atoms with van der Waals surface area (Å²) in [7, 11) is 0. The molecule has 0 bridgehead atoms. The van der Waals surface area contributed by atoms with Gasteiger partial charge in [-0.2, -0.15) is 0 Å². The number of piperazine rings is 1. The molecule has 36 heavy (non-hydrogen) atoms. The third-order valence-corrected chi connectivity index (χ3v) is 7.15. The first-order chi connectivity index (χ1) is 16.9. The summed E-state index contributed by atoms with van der Waals surface area (Å²) in [5, 5.41) is 7.21. The van der Waals surface area contributed by atoms with E-state index in [1.807, 2.05) is 29.2 Å². The highest BCUT2D eigenvalue weighted by atomic mass is 35.5. The lowest BCUT2D eigenvalue weighted by molar-refractivity contribution is -0.129. The van der Waals surface area contributed by atoms with Crippen molar-refractivity contribution < 1.29 is 14.3 Å². The highest BCUT2D eigenvalue weighted by Gasteiger charge is 2.38. The van der Waals surface area contributed by atoms with Crippen LogP contribution in [0.15, 0.2) is 42.5 Å². The van der Waals surface area contributed by atoms with Crippen LogP contribution in [0.1, 0.15) is 57.8 Å². The summed E-state index contributed by atoms with van der Waals surface area (Å²) in [6, 6.07) is 13.1. The summed E-state index contributed by atoms with van der Waals surface area (Å²) < 4.78 is 6.08. The van der Waals surface area contributed by atoms with Crippen molar-refractivity contribution in [2.24, 2.45) is 0 Å². The normalized spacial score (nSPS) is 19.6. The second kappa shape index (κ2) is 10.3. The number of piperidine rings is 1. The Morgan fingerprint density at radius 2 is 1.67 bits per heavy atom. The molecule has 7 nitrogen and oxygen atoms in total. The van der Waals surface area contributed by atoms with Crippen molar-refractivity contribution in [2.45, 2.75) is 64.6 Å². The number of benzene rings is 2. The number of nitrogens with zero attached hydrogens (tertiary/aromatic N) is 2. The Balaban J connectivity index is 1.40. The quantitative estimate of drug-likeness (QED) is 0.599. The van der Waals surface area contributed by atoms with E-state index in [0.717, 1.165) is 31.6 Å². The molecular weight excluding hydrogens is 476 g/mol. The van der Waals surface area contributed by atoms with E-state index < -0.39 is 0 Å². The van der Waals surface area contributed by atoms with Crippen LogP contribution in [0.25, 0.3) is 0 Å². The van der Waals surface area contributed by atoms with E-state index in [9.17, 15) is 9.59 Å². The molecule has 194 valence electrons. The molecule has 2 aromatic carbocycles. The first-order valence-electron chi connectivity index (χ1n) is 12.6. The second-order valence-corrected chi connectivity index (χ2v) is 11.6. The zero-order valence-corrected chi connectivity index (χ0v) is 22.6.